The Morgan fingerprint density at radius 1 is 1.30 bits per heavy atom. The van der Waals surface area contributed by atoms with Crippen LogP contribution in [0.25, 0.3) is 0 Å². The normalized spacial score (nSPS) is 14.9. The van der Waals surface area contributed by atoms with Gasteiger partial charge in [-0.05, 0) is 38.8 Å². The number of pyridine rings is 1. The maximum Gasteiger partial charge on any atom is 0.223 e. The zero-order valence-electron chi connectivity index (χ0n) is 15.8. The van der Waals surface area contributed by atoms with E-state index in [1.54, 1.807) is 19.4 Å². The number of rotatable bonds is 5. The summed E-state index contributed by atoms with van der Waals surface area (Å²) in [5.74, 6) is 1.68. The summed E-state index contributed by atoms with van der Waals surface area (Å²) >= 11 is 5.78. The van der Waals surface area contributed by atoms with E-state index in [4.69, 9.17) is 16.3 Å². The lowest BCUT2D eigenvalue weighted by molar-refractivity contribution is -0.125. The molecule has 7 nitrogen and oxygen atoms in total. The van der Waals surface area contributed by atoms with E-state index in [1.165, 1.54) is 0 Å². The standard InChI is InChI=1S/C19H24ClN5O2/c1-12-10-21-15(13(2)18(12)27-3)11-22-19(26)14-6-8-25(9-7-14)17-5-4-16(20)23-24-17/h4-5,10,14H,6-9,11H2,1-3H3,(H,22,26). The second-order valence-electron chi connectivity index (χ2n) is 6.74. The van der Waals surface area contributed by atoms with E-state index in [0.717, 1.165) is 54.3 Å². The molecule has 1 aliphatic rings. The lowest BCUT2D eigenvalue weighted by Crippen LogP contribution is -2.40. The number of hydrogen-bond acceptors (Lipinski definition) is 6. The van der Waals surface area contributed by atoms with E-state index in [1.807, 2.05) is 19.9 Å². The van der Waals surface area contributed by atoms with Gasteiger partial charge < -0.3 is 15.0 Å². The molecule has 1 fully saturated rings. The van der Waals surface area contributed by atoms with Gasteiger partial charge in [0.1, 0.15) is 5.75 Å². The van der Waals surface area contributed by atoms with Gasteiger partial charge in [0, 0.05) is 36.3 Å². The van der Waals surface area contributed by atoms with Gasteiger partial charge in [0.15, 0.2) is 11.0 Å². The van der Waals surface area contributed by atoms with Crippen LogP contribution in [0.2, 0.25) is 5.15 Å². The van der Waals surface area contributed by atoms with Crippen LogP contribution in [-0.2, 0) is 11.3 Å². The number of amides is 1. The van der Waals surface area contributed by atoms with Crippen molar-refractivity contribution in [3.63, 3.8) is 0 Å². The van der Waals surface area contributed by atoms with E-state index >= 15 is 0 Å². The van der Waals surface area contributed by atoms with Crippen LogP contribution in [0.5, 0.6) is 5.75 Å². The van der Waals surface area contributed by atoms with Crippen LogP contribution in [0.15, 0.2) is 18.3 Å². The molecule has 2 aromatic rings. The number of ether oxygens (including phenoxy) is 1. The largest absolute Gasteiger partial charge is 0.496 e. The van der Waals surface area contributed by atoms with Crippen molar-refractivity contribution in [3.8, 4) is 5.75 Å². The fourth-order valence-corrected chi connectivity index (χ4v) is 3.51. The molecule has 1 aliphatic heterocycles. The Bertz CT molecular complexity index is 804. The molecule has 3 heterocycles. The summed E-state index contributed by atoms with van der Waals surface area (Å²) in [4.78, 5) is 19.1. The highest BCUT2D eigenvalue weighted by molar-refractivity contribution is 6.29. The number of anilines is 1. The summed E-state index contributed by atoms with van der Waals surface area (Å²) in [6, 6.07) is 3.59. The molecule has 0 bridgehead atoms. The van der Waals surface area contributed by atoms with Crippen LogP contribution in [0.1, 0.15) is 29.7 Å². The van der Waals surface area contributed by atoms with Crippen LogP contribution in [0, 0.1) is 19.8 Å². The molecule has 27 heavy (non-hydrogen) atoms. The second-order valence-corrected chi connectivity index (χ2v) is 7.13. The fourth-order valence-electron chi connectivity index (χ4n) is 3.41. The first-order chi connectivity index (χ1) is 13.0. The van der Waals surface area contributed by atoms with Gasteiger partial charge >= 0.3 is 0 Å². The lowest BCUT2D eigenvalue weighted by atomic mass is 9.96. The predicted molar refractivity (Wildman–Crippen MR) is 104 cm³/mol. The quantitative estimate of drug-likeness (QED) is 0.846. The van der Waals surface area contributed by atoms with Crippen molar-refractivity contribution in [1.29, 1.82) is 0 Å². The second kappa shape index (κ2) is 8.52. The number of carbonyl (C=O) groups excluding carboxylic acids is 1. The Morgan fingerprint density at radius 3 is 2.67 bits per heavy atom. The number of aromatic nitrogens is 3. The van der Waals surface area contributed by atoms with Crippen molar-refractivity contribution in [1.82, 2.24) is 20.5 Å². The highest BCUT2D eigenvalue weighted by Gasteiger charge is 2.26. The minimum absolute atomic E-state index is 0.00541. The van der Waals surface area contributed by atoms with Crippen molar-refractivity contribution in [2.75, 3.05) is 25.1 Å². The molecule has 1 N–H and O–H groups in total. The number of methoxy groups -OCH3 is 1. The minimum atomic E-state index is -0.00541. The molecule has 1 saturated heterocycles. The molecular weight excluding hydrogens is 366 g/mol. The van der Waals surface area contributed by atoms with Crippen molar-refractivity contribution < 1.29 is 9.53 Å². The van der Waals surface area contributed by atoms with Gasteiger partial charge in [0.25, 0.3) is 0 Å². The van der Waals surface area contributed by atoms with Gasteiger partial charge in [-0.1, -0.05) is 11.6 Å². The summed E-state index contributed by atoms with van der Waals surface area (Å²) in [7, 11) is 1.65. The highest BCUT2D eigenvalue weighted by atomic mass is 35.5. The number of piperidine rings is 1. The summed E-state index contributed by atoms with van der Waals surface area (Å²) in [5.41, 5.74) is 2.79. The molecule has 0 aliphatic carbocycles. The average Bonchev–Trinajstić information content (AvgIpc) is 2.68. The fraction of sp³-hybridized carbons (Fsp3) is 0.474. The first-order valence-corrected chi connectivity index (χ1v) is 9.38. The molecule has 0 spiro atoms. The third-order valence-electron chi connectivity index (χ3n) is 4.99. The topological polar surface area (TPSA) is 80.2 Å². The summed E-state index contributed by atoms with van der Waals surface area (Å²) in [6.07, 6.45) is 3.33. The number of halogens is 1. The van der Waals surface area contributed by atoms with Gasteiger partial charge in [0.05, 0.1) is 19.3 Å². The maximum absolute atomic E-state index is 12.6. The van der Waals surface area contributed by atoms with Gasteiger partial charge in [-0.25, -0.2) is 0 Å². The summed E-state index contributed by atoms with van der Waals surface area (Å²) in [5, 5.41) is 11.4. The van der Waals surface area contributed by atoms with Crippen molar-refractivity contribution in [3.05, 3.63) is 40.3 Å². The van der Waals surface area contributed by atoms with E-state index < -0.39 is 0 Å². The molecule has 8 heteroatoms. The Labute approximate surface area is 164 Å². The van der Waals surface area contributed by atoms with E-state index in [2.05, 4.69) is 25.4 Å². The smallest absolute Gasteiger partial charge is 0.223 e. The first kappa shape index (κ1) is 19.4. The Hall–Kier alpha value is -2.41. The van der Waals surface area contributed by atoms with Crippen LogP contribution in [-0.4, -0.2) is 41.3 Å². The zero-order valence-corrected chi connectivity index (χ0v) is 16.6. The Kier molecular flexibility index (Phi) is 6.11. The molecule has 2 aromatic heterocycles. The number of hydrogen-bond donors (Lipinski definition) is 1. The van der Waals surface area contributed by atoms with Gasteiger partial charge in [-0.15, -0.1) is 10.2 Å². The number of nitrogens with zero attached hydrogens (tertiary/aromatic N) is 4. The van der Waals surface area contributed by atoms with Crippen LogP contribution in [0.3, 0.4) is 0 Å². The Balaban J connectivity index is 1.53. The molecule has 1 amide bonds. The van der Waals surface area contributed by atoms with E-state index in [-0.39, 0.29) is 11.8 Å². The van der Waals surface area contributed by atoms with E-state index in [9.17, 15) is 4.79 Å². The van der Waals surface area contributed by atoms with Crippen molar-refractivity contribution >= 4 is 23.3 Å². The summed E-state index contributed by atoms with van der Waals surface area (Å²) < 4.78 is 5.42. The van der Waals surface area contributed by atoms with Crippen LogP contribution >= 0.6 is 11.6 Å². The molecule has 3 rings (SSSR count). The molecule has 0 atom stereocenters. The molecule has 0 radical (unpaired) electrons. The first-order valence-electron chi connectivity index (χ1n) is 9.00. The highest BCUT2D eigenvalue weighted by Crippen LogP contribution is 2.25. The van der Waals surface area contributed by atoms with Crippen molar-refractivity contribution in [2.45, 2.75) is 33.2 Å². The molecule has 0 saturated carbocycles. The third-order valence-corrected chi connectivity index (χ3v) is 5.19. The Morgan fingerprint density at radius 2 is 2.04 bits per heavy atom. The monoisotopic (exact) mass is 389 g/mol. The number of carbonyl (C=O) groups is 1. The van der Waals surface area contributed by atoms with Gasteiger partial charge in [-0.2, -0.15) is 0 Å². The number of nitrogens with one attached hydrogen (secondary N) is 1. The van der Waals surface area contributed by atoms with Crippen LogP contribution < -0.4 is 15.0 Å². The third kappa shape index (κ3) is 4.47. The van der Waals surface area contributed by atoms with Gasteiger partial charge in [-0.3, -0.25) is 9.78 Å². The van der Waals surface area contributed by atoms with Crippen molar-refractivity contribution in [2.24, 2.45) is 5.92 Å². The molecule has 144 valence electrons. The zero-order chi connectivity index (χ0) is 19.4. The molecule has 0 aromatic carbocycles. The number of aryl methyl sites for hydroxylation is 1. The SMILES string of the molecule is COc1c(C)cnc(CNC(=O)C2CCN(c3ccc(Cl)nn3)CC2)c1C. The molecular formula is C19H24ClN5O2. The summed E-state index contributed by atoms with van der Waals surface area (Å²) in [6.45, 7) is 5.87. The minimum Gasteiger partial charge on any atom is -0.496 e. The van der Waals surface area contributed by atoms with Gasteiger partial charge in [0.2, 0.25) is 5.91 Å². The van der Waals surface area contributed by atoms with E-state index in [0.29, 0.717) is 11.7 Å². The van der Waals surface area contributed by atoms with Crippen LogP contribution in [0.4, 0.5) is 5.82 Å². The lowest BCUT2D eigenvalue weighted by Gasteiger charge is -2.31. The molecule has 0 unspecified atom stereocenters. The maximum atomic E-state index is 12.6. The average molecular weight is 390 g/mol. The predicted octanol–water partition coefficient (Wildman–Crippen LogP) is 2.68.